The van der Waals surface area contributed by atoms with Crippen molar-refractivity contribution in [1.29, 1.82) is 0 Å². The number of nitrogens with two attached hydrogens (primary N) is 1. The Kier molecular flexibility index (Phi) is 5.59. The fraction of sp³-hybridized carbons (Fsp3) is 0.471. The van der Waals surface area contributed by atoms with E-state index in [2.05, 4.69) is 18.2 Å². The summed E-state index contributed by atoms with van der Waals surface area (Å²) in [5.74, 6) is 1.91. The minimum atomic E-state index is -0.452. The molecule has 1 aromatic carbocycles. The van der Waals surface area contributed by atoms with E-state index in [0.29, 0.717) is 5.15 Å². The van der Waals surface area contributed by atoms with Crippen LogP contribution in [0, 0.1) is 0 Å². The smallest absolute Gasteiger partial charge is 0.129 e. The first kappa shape index (κ1) is 17.4. The fourth-order valence-corrected chi connectivity index (χ4v) is 3.14. The van der Waals surface area contributed by atoms with E-state index in [1.165, 1.54) is 0 Å². The van der Waals surface area contributed by atoms with E-state index in [0.717, 1.165) is 34.3 Å². The number of pyridine rings is 1. The Labute approximate surface area is 141 Å². The summed E-state index contributed by atoms with van der Waals surface area (Å²) in [5.41, 5.74) is 6.87. The Bertz CT molecular complexity index is 655. The molecular weight excluding hydrogens is 316 g/mol. The molecule has 3 nitrogen and oxygen atoms in total. The van der Waals surface area contributed by atoms with Crippen LogP contribution in [-0.2, 0) is 5.54 Å². The summed E-state index contributed by atoms with van der Waals surface area (Å²) in [6.45, 7) is 6.06. The molecule has 2 aromatic rings. The van der Waals surface area contributed by atoms with Crippen molar-refractivity contribution in [3.8, 4) is 5.75 Å². The monoisotopic (exact) mass is 338 g/mol. The summed E-state index contributed by atoms with van der Waals surface area (Å²) in [4.78, 5) is 4.20. The number of thioether (sulfide) groups is 1. The SMILES string of the molecule is CSCCC(C)Oc1ccc(C(C)(C)N)c2cc(Cl)ncc12. The van der Waals surface area contributed by atoms with Crippen LogP contribution in [0.2, 0.25) is 5.15 Å². The highest BCUT2D eigenvalue weighted by Gasteiger charge is 2.20. The van der Waals surface area contributed by atoms with Gasteiger partial charge in [0.25, 0.3) is 0 Å². The van der Waals surface area contributed by atoms with Crippen molar-refractivity contribution in [2.24, 2.45) is 5.73 Å². The molecule has 120 valence electrons. The molecule has 0 saturated carbocycles. The summed E-state index contributed by atoms with van der Waals surface area (Å²) in [6, 6.07) is 5.87. The first-order valence-electron chi connectivity index (χ1n) is 7.36. The number of ether oxygens (including phenoxy) is 1. The van der Waals surface area contributed by atoms with E-state index in [-0.39, 0.29) is 6.10 Å². The maximum atomic E-state index is 6.28. The molecule has 2 rings (SSSR count). The molecule has 2 N–H and O–H groups in total. The molecule has 1 heterocycles. The molecule has 0 aliphatic rings. The number of fused-ring (bicyclic) bond motifs is 1. The molecule has 22 heavy (non-hydrogen) atoms. The third-order valence-electron chi connectivity index (χ3n) is 3.58. The summed E-state index contributed by atoms with van der Waals surface area (Å²) in [6.07, 6.45) is 5.03. The fourth-order valence-electron chi connectivity index (χ4n) is 2.41. The number of rotatable bonds is 6. The molecule has 0 saturated heterocycles. The van der Waals surface area contributed by atoms with Gasteiger partial charge >= 0.3 is 0 Å². The molecule has 0 fully saturated rings. The minimum Gasteiger partial charge on any atom is -0.490 e. The lowest BCUT2D eigenvalue weighted by molar-refractivity contribution is 0.221. The molecule has 0 bridgehead atoms. The Hall–Kier alpha value is -0.970. The number of benzene rings is 1. The molecule has 0 amide bonds. The van der Waals surface area contributed by atoms with Crippen molar-refractivity contribution >= 4 is 34.1 Å². The second-order valence-electron chi connectivity index (χ2n) is 6.10. The number of hydrogen-bond donors (Lipinski definition) is 1. The molecule has 0 aliphatic heterocycles. The van der Waals surface area contributed by atoms with E-state index < -0.39 is 5.54 Å². The minimum absolute atomic E-state index is 0.156. The maximum absolute atomic E-state index is 6.28. The molecule has 1 unspecified atom stereocenters. The zero-order chi connectivity index (χ0) is 16.3. The lowest BCUT2D eigenvalue weighted by Crippen LogP contribution is -2.29. The maximum Gasteiger partial charge on any atom is 0.129 e. The van der Waals surface area contributed by atoms with Gasteiger partial charge in [-0.25, -0.2) is 4.98 Å². The second-order valence-corrected chi connectivity index (χ2v) is 7.47. The van der Waals surface area contributed by atoms with Crippen LogP contribution >= 0.6 is 23.4 Å². The topological polar surface area (TPSA) is 48.1 Å². The van der Waals surface area contributed by atoms with Crippen LogP contribution < -0.4 is 10.5 Å². The number of aromatic nitrogens is 1. The summed E-state index contributed by atoms with van der Waals surface area (Å²) in [5, 5.41) is 2.42. The Balaban J connectivity index is 2.45. The summed E-state index contributed by atoms with van der Waals surface area (Å²) in [7, 11) is 0. The molecular formula is C17H23ClN2OS. The third kappa shape index (κ3) is 4.06. The number of hydrogen-bond acceptors (Lipinski definition) is 4. The van der Waals surface area contributed by atoms with Gasteiger partial charge in [0, 0.05) is 17.1 Å². The van der Waals surface area contributed by atoms with Crippen molar-refractivity contribution in [2.75, 3.05) is 12.0 Å². The normalized spacial score (nSPS) is 13.4. The van der Waals surface area contributed by atoms with Crippen LogP contribution in [-0.4, -0.2) is 23.1 Å². The van der Waals surface area contributed by atoms with Crippen molar-refractivity contribution in [3.63, 3.8) is 0 Å². The lowest BCUT2D eigenvalue weighted by atomic mass is 9.91. The predicted molar refractivity (Wildman–Crippen MR) is 97.1 cm³/mol. The molecule has 0 spiro atoms. The van der Waals surface area contributed by atoms with E-state index in [1.54, 1.807) is 6.20 Å². The molecule has 1 aromatic heterocycles. The second kappa shape index (κ2) is 7.07. The van der Waals surface area contributed by atoms with Gasteiger partial charge in [-0.15, -0.1) is 0 Å². The van der Waals surface area contributed by atoms with Crippen molar-refractivity contribution in [1.82, 2.24) is 4.98 Å². The first-order valence-corrected chi connectivity index (χ1v) is 9.13. The van der Waals surface area contributed by atoms with Gasteiger partial charge in [-0.3, -0.25) is 0 Å². The van der Waals surface area contributed by atoms with Gasteiger partial charge in [0.15, 0.2) is 0 Å². The van der Waals surface area contributed by atoms with Gasteiger partial charge in [-0.2, -0.15) is 11.8 Å². The molecule has 1 atom stereocenters. The average Bonchev–Trinajstić information content (AvgIpc) is 2.43. The van der Waals surface area contributed by atoms with E-state index in [1.807, 2.05) is 43.8 Å². The van der Waals surface area contributed by atoms with Crippen molar-refractivity contribution in [3.05, 3.63) is 35.1 Å². The van der Waals surface area contributed by atoms with Gasteiger partial charge in [-0.1, -0.05) is 17.7 Å². The largest absolute Gasteiger partial charge is 0.490 e. The zero-order valence-corrected chi connectivity index (χ0v) is 15.1. The average molecular weight is 339 g/mol. The highest BCUT2D eigenvalue weighted by molar-refractivity contribution is 7.98. The summed E-state index contributed by atoms with van der Waals surface area (Å²) < 4.78 is 6.10. The molecule has 5 heteroatoms. The van der Waals surface area contributed by atoms with Gasteiger partial charge in [0.05, 0.1) is 6.10 Å². The Morgan fingerprint density at radius 2 is 2.09 bits per heavy atom. The van der Waals surface area contributed by atoms with E-state index >= 15 is 0 Å². The van der Waals surface area contributed by atoms with Crippen molar-refractivity contribution in [2.45, 2.75) is 38.8 Å². The highest BCUT2D eigenvalue weighted by atomic mass is 35.5. The van der Waals surface area contributed by atoms with Crippen LogP contribution in [0.5, 0.6) is 5.75 Å². The lowest BCUT2D eigenvalue weighted by Gasteiger charge is -2.23. The molecule has 0 aliphatic carbocycles. The Morgan fingerprint density at radius 1 is 1.36 bits per heavy atom. The van der Waals surface area contributed by atoms with Crippen LogP contribution in [0.25, 0.3) is 10.8 Å². The number of nitrogens with zero attached hydrogens (tertiary/aromatic N) is 1. The highest BCUT2D eigenvalue weighted by Crippen LogP contribution is 2.34. The van der Waals surface area contributed by atoms with Crippen molar-refractivity contribution < 1.29 is 4.74 Å². The first-order chi connectivity index (χ1) is 10.3. The van der Waals surface area contributed by atoms with Crippen LogP contribution in [0.1, 0.15) is 32.8 Å². The van der Waals surface area contributed by atoms with Crippen LogP contribution in [0.3, 0.4) is 0 Å². The predicted octanol–water partition coefficient (Wildman–Crippen LogP) is 4.60. The van der Waals surface area contributed by atoms with Gasteiger partial charge in [-0.05, 0) is 62.3 Å². The summed E-state index contributed by atoms with van der Waals surface area (Å²) >= 11 is 7.90. The van der Waals surface area contributed by atoms with Gasteiger partial charge in [0.2, 0.25) is 0 Å². The number of halogens is 1. The van der Waals surface area contributed by atoms with E-state index in [9.17, 15) is 0 Å². The van der Waals surface area contributed by atoms with Gasteiger partial charge < -0.3 is 10.5 Å². The quantitative estimate of drug-likeness (QED) is 0.782. The third-order valence-corrected chi connectivity index (χ3v) is 4.43. The van der Waals surface area contributed by atoms with Gasteiger partial charge in [0.1, 0.15) is 10.9 Å². The van der Waals surface area contributed by atoms with Crippen LogP contribution in [0.15, 0.2) is 24.4 Å². The molecule has 0 radical (unpaired) electrons. The van der Waals surface area contributed by atoms with E-state index in [4.69, 9.17) is 22.1 Å². The Morgan fingerprint density at radius 3 is 2.73 bits per heavy atom. The van der Waals surface area contributed by atoms with Crippen LogP contribution in [0.4, 0.5) is 0 Å². The zero-order valence-electron chi connectivity index (χ0n) is 13.5. The standard InChI is InChI=1S/C17H23ClN2OS/c1-11(7-8-22-4)21-15-6-5-14(17(2,3)19)12-9-16(18)20-10-13(12)15/h5-6,9-11H,7-8,19H2,1-4H3.